The van der Waals surface area contributed by atoms with Crippen molar-refractivity contribution in [2.24, 2.45) is 5.92 Å². The zero-order valence-electron chi connectivity index (χ0n) is 22.4. The zero-order valence-corrected chi connectivity index (χ0v) is 22.4. The van der Waals surface area contributed by atoms with Crippen LogP contribution in [0.15, 0.2) is 55.0 Å². The maximum Gasteiger partial charge on any atom is 0.241 e. The lowest BCUT2D eigenvalue weighted by atomic mass is 9.95. The Balaban J connectivity index is 1.33. The van der Waals surface area contributed by atoms with Crippen LogP contribution in [0.4, 0.5) is 5.69 Å². The molecule has 0 aliphatic carbocycles. The standard InChI is InChI=1S/C30H38N4O4/c1-3-4-14-34(26-8-5-12-31-18-26)29(35)20-33-19-24(23-9-10-27-28(17-23)38-21-37-27)16-25(33)11-15-32-13-6-7-22(2)30(32)36/h5-6,8-10,12-13,17-18,22,24-25H,3-4,7,11,14-16,19-21H2,1-2H3/t22?,24-,25+/m1/s1. The molecule has 3 atom stereocenters. The molecule has 0 N–H and O–H groups in total. The molecule has 1 aromatic heterocycles. The van der Waals surface area contributed by atoms with E-state index in [4.69, 9.17) is 9.47 Å². The van der Waals surface area contributed by atoms with Crippen LogP contribution in [0.3, 0.4) is 0 Å². The Bertz CT molecular complexity index is 1150. The lowest BCUT2D eigenvalue weighted by Gasteiger charge is -2.31. The highest BCUT2D eigenvalue weighted by molar-refractivity contribution is 5.94. The summed E-state index contributed by atoms with van der Waals surface area (Å²) in [5.41, 5.74) is 2.04. The molecule has 2 aromatic rings. The van der Waals surface area contributed by atoms with Crippen molar-refractivity contribution in [3.8, 4) is 11.5 Å². The summed E-state index contributed by atoms with van der Waals surface area (Å²) >= 11 is 0. The second-order valence-corrected chi connectivity index (χ2v) is 10.6. The van der Waals surface area contributed by atoms with Gasteiger partial charge in [-0.25, -0.2) is 0 Å². The van der Waals surface area contributed by atoms with E-state index in [1.165, 1.54) is 5.56 Å². The van der Waals surface area contributed by atoms with E-state index in [1.807, 2.05) is 41.1 Å². The Kier molecular flexibility index (Phi) is 8.27. The van der Waals surface area contributed by atoms with Crippen LogP contribution in [0.25, 0.3) is 0 Å². The molecule has 1 unspecified atom stereocenters. The van der Waals surface area contributed by atoms with Gasteiger partial charge in [-0.05, 0) is 61.4 Å². The first-order valence-corrected chi connectivity index (χ1v) is 13.8. The van der Waals surface area contributed by atoms with Crippen molar-refractivity contribution in [3.63, 3.8) is 0 Å². The van der Waals surface area contributed by atoms with E-state index in [2.05, 4.69) is 35.0 Å². The molecule has 2 amide bonds. The summed E-state index contributed by atoms with van der Waals surface area (Å²) in [5.74, 6) is 2.13. The highest BCUT2D eigenvalue weighted by Gasteiger charge is 2.36. The molecule has 3 aliphatic heterocycles. The summed E-state index contributed by atoms with van der Waals surface area (Å²) in [5, 5.41) is 0. The molecule has 0 radical (unpaired) electrons. The van der Waals surface area contributed by atoms with Crippen LogP contribution in [0, 0.1) is 5.92 Å². The first kappa shape index (κ1) is 26.2. The molecule has 8 heteroatoms. The average molecular weight is 519 g/mol. The maximum absolute atomic E-state index is 13.7. The molecule has 5 rings (SSSR count). The van der Waals surface area contributed by atoms with E-state index in [0.29, 0.717) is 19.6 Å². The van der Waals surface area contributed by atoms with E-state index in [9.17, 15) is 9.59 Å². The lowest BCUT2D eigenvalue weighted by Crippen LogP contribution is -2.44. The van der Waals surface area contributed by atoms with Crippen LogP contribution in [0.1, 0.15) is 57.4 Å². The number of carbonyl (C=O) groups is 2. The van der Waals surface area contributed by atoms with Gasteiger partial charge in [-0.15, -0.1) is 0 Å². The third-order valence-electron chi connectivity index (χ3n) is 7.91. The Hall–Kier alpha value is -3.39. The molecule has 8 nitrogen and oxygen atoms in total. The van der Waals surface area contributed by atoms with Crippen molar-refractivity contribution >= 4 is 17.5 Å². The van der Waals surface area contributed by atoms with Crippen molar-refractivity contribution < 1.29 is 19.1 Å². The number of aromatic nitrogens is 1. The number of pyridine rings is 1. The molecule has 38 heavy (non-hydrogen) atoms. The van der Waals surface area contributed by atoms with Gasteiger partial charge >= 0.3 is 0 Å². The topological polar surface area (TPSA) is 75.2 Å². The van der Waals surface area contributed by atoms with Gasteiger partial charge in [-0.1, -0.05) is 32.4 Å². The largest absolute Gasteiger partial charge is 0.454 e. The third-order valence-corrected chi connectivity index (χ3v) is 7.91. The second kappa shape index (κ2) is 12.0. The van der Waals surface area contributed by atoms with Crippen molar-refractivity contribution in [1.29, 1.82) is 0 Å². The third kappa shape index (κ3) is 5.85. The fraction of sp³-hybridized carbons (Fsp3) is 0.500. The van der Waals surface area contributed by atoms with Crippen molar-refractivity contribution in [2.75, 3.05) is 37.9 Å². The predicted octanol–water partition coefficient (Wildman–Crippen LogP) is 4.57. The zero-order chi connectivity index (χ0) is 26.5. The highest BCUT2D eigenvalue weighted by atomic mass is 16.7. The molecule has 1 aromatic carbocycles. The number of unbranched alkanes of at least 4 members (excludes halogenated alkanes) is 1. The Morgan fingerprint density at radius 2 is 2.08 bits per heavy atom. The molecule has 4 heterocycles. The molecule has 3 aliphatic rings. The predicted molar refractivity (Wildman–Crippen MR) is 146 cm³/mol. The molecular weight excluding hydrogens is 480 g/mol. The summed E-state index contributed by atoms with van der Waals surface area (Å²) in [7, 11) is 0. The van der Waals surface area contributed by atoms with Crippen LogP contribution in [-0.4, -0.2) is 65.6 Å². The number of likely N-dealkylation sites (tertiary alicyclic amines) is 1. The van der Waals surface area contributed by atoms with Gasteiger partial charge in [0.05, 0.1) is 18.4 Å². The number of rotatable bonds is 10. The van der Waals surface area contributed by atoms with Crippen LogP contribution >= 0.6 is 0 Å². The number of carbonyl (C=O) groups excluding carboxylic acids is 2. The minimum Gasteiger partial charge on any atom is -0.454 e. The van der Waals surface area contributed by atoms with Gasteiger partial charge in [0.15, 0.2) is 11.5 Å². The number of anilines is 1. The van der Waals surface area contributed by atoms with E-state index in [-0.39, 0.29) is 36.5 Å². The van der Waals surface area contributed by atoms with Gasteiger partial charge in [0.1, 0.15) is 0 Å². The van der Waals surface area contributed by atoms with Crippen LogP contribution in [-0.2, 0) is 9.59 Å². The molecular formula is C30H38N4O4. The van der Waals surface area contributed by atoms with E-state index in [1.54, 1.807) is 12.4 Å². The van der Waals surface area contributed by atoms with Gasteiger partial charge in [-0.3, -0.25) is 19.5 Å². The Morgan fingerprint density at radius 3 is 2.89 bits per heavy atom. The summed E-state index contributed by atoms with van der Waals surface area (Å²) in [6.07, 6.45) is 12.0. The summed E-state index contributed by atoms with van der Waals surface area (Å²) < 4.78 is 11.1. The van der Waals surface area contributed by atoms with Gasteiger partial charge in [0.25, 0.3) is 0 Å². The molecule has 0 spiro atoms. The van der Waals surface area contributed by atoms with Gasteiger partial charge in [-0.2, -0.15) is 0 Å². The van der Waals surface area contributed by atoms with Gasteiger partial charge < -0.3 is 19.3 Å². The number of nitrogens with zero attached hydrogens (tertiary/aromatic N) is 4. The highest BCUT2D eigenvalue weighted by Crippen LogP contribution is 2.39. The molecule has 202 valence electrons. The number of ether oxygens (including phenoxy) is 2. The van der Waals surface area contributed by atoms with Crippen LogP contribution < -0.4 is 14.4 Å². The molecule has 0 saturated carbocycles. The second-order valence-electron chi connectivity index (χ2n) is 10.6. The normalized spacial score (nSPS) is 22.7. The number of fused-ring (bicyclic) bond motifs is 1. The number of benzene rings is 1. The smallest absolute Gasteiger partial charge is 0.241 e. The number of hydrogen-bond acceptors (Lipinski definition) is 6. The van der Waals surface area contributed by atoms with Crippen molar-refractivity contribution in [3.05, 3.63) is 60.6 Å². The number of amides is 2. The first-order chi connectivity index (χ1) is 18.5. The van der Waals surface area contributed by atoms with E-state index < -0.39 is 0 Å². The van der Waals surface area contributed by atoms with Gasteiger partial charge in [0.2, 0.25) is 18.6 Å². The fourth-order valence-corrected chi connectivity index (χ4v) is 5.70. The Morgan fingerprint density at radius 1 is 1.21 bits per heavy atom. The summed E-state index contributed by atoms with van der Waals surface area (Å²) in [6.45, 7) is 6.83. The van der Waals surface area contributed by atoms with E-state index in [0.717, 1.165) is 55.8 Å². The number of hydrogen-bond donors (Lipinski definition) is 0. The summed E-state index contributed by atoms with van der Waals surface area (Å²) in [6, 6.07) is 10.2. The van der Waals surface area contributed by atoms with E-state index >= 15 is 0 Å². The molecule has 1 fully saturated rings. The minimum absolute atomic E-state index is 0.0224. The quantitative estimate of drug-likeness (QED) is 0.459. The molecule has 1 saturated heterocycles. The Labute approximate surface area is 225 Å². The van der Waals surface area contributed by atoms with Crippen LogP contribution in [0.2, 0.25) is 0 Å². The monoisotopic (exact) mass is 518 g/mol. The lowest BCUT2D eigenvalue weighted by molar-refractivity contribution is -0.133. The van der Waals surface area contributed by atoms with Crippen molar-refractivity contribution in [1.82, 2.24) is 14.8 Å². The van der Waals surface area contributed by atoms with Crippen molar-refractivity contribution in [2.45, 2.75) is 57.9 Å². The van der Waals surface area contributed by atoms with Crippen LogP contribution in [0.5, 0.6) is 11.5 Å². The summed E-state index contributed by atoms with van der Waals surface area (Å²) in [4.78, 5) is 36.7. The van der Waals surface area contributed by atoms with Gasteiger partial charge in [0, 0.05) is 44.0 Å². The molecule has 0 bridgehead atoms. The fourth-order valence-electron chi connectivity index (χ4n) is 5.70. The average Bonchev–Trinajstić information content (AvgIpc) is 3.57. The first-order valence-electron chi connectivity index (χ1n) is 13.8. The number of allylic oxidation sites excluding steroid dienone is 1. The SMILES string of the molecule is CCCCN(C(=O)CN1C[C@H](c2ccc3c(c2)OCO3)C[C@@H]1CCN1C=CCC(C)C1=O)c1cccnc1. The maximum atomic E-state index is 13.7. The minimum atomic E-state index is 0.0224.